The van der Waals surface area contributed by atoms with Crippen LogP contribution >= 0.6 is 0 Å². The lowest BCUT2D eigenvalue weighted by atomic mass is 10.1. The van der Waals surface area contributed by atoms with E-state index in [0.29, 0.717) is 42.3 Å². The van der Waals surface area contributed by atoms with E-state index in [-0.39, 0.29) is 22.9 Å². The lowest BCUT2D eigenvalue weighted by molar-refractivity contribution is 0.0468. The normalized spacial score (nSPS) is 11.1. The summed E-state index contributed by atoms with van der Waals surface area (Å²) in [5, 5.41) is 5.00. The maximum atomic E-state index is 13.2. The third-order valence-corrected chi connectivity index (χ3v) is 6.24. The highest BCUT2D eigenvalue weighted by molar-refractivity contribution is 6.04. The van der Waals surface area contributed by atoms with E-state index in [9.17, 15) is 18.8 Å². The van der Waals surface area contributed by atoms with Crippen LogP contribution in [0, 0.1) is 19.7 Å². The highest BCUT2D eigenvalue weighted by Crippen LogP contribution is 2.19. The SMILES string of the molecule is CCCn1nc(C(=O)OCC(=O)c2cc(C)n(CCc3ccc(F)cc3)c2C)c2ccccc2c1=O. The maximum absolute atomic E-state index is 13.2. The Morgan fingerprint density at radius 2 is 1.69 bits per heavy atom. The molecular formula is C28H28FN3O4. The Kier molecular flexibility index (Phi) is 7.43. The molecule has 0 fully saturated rings. The van der Waals surface area contributed by atoms with E-state index in [4.69, 9.17) is 4.74 Å². The topological polar surface area (TPSA) is 83.2 Å². The standard InChI is InChI=1S/C28H28FN3O4/c1-4-14-32-27(34)23-8-6-5-7-22(23)26(30-32)28(35)36-17-25(33)24-16-18(2)31(19(24)3)15-13-20-9-11-21(29)12-10-20/h5-12,16H,4,13-15,17H2,1-3H3. The Hall–Kier alpha value is -4.07. The lowest BCUT2D eigenvalue weighted by Crippen LogP contribution is -2.27. The van der Waals surface area contributed by atoms with Crippen molar-refractivity contribution in [1.29, 1.82) is 0 Å². The summed E-state index contributed by atoms with van der Waals surface area (Å²) in [6.45, 7) is 6.23. The molecule has 0 unspecified atom stereocenters. The molecule has 0 aliphatic carbocycles. The number of ether oxygens (including phenoxy) is 1. The lowest BCUT2D eigenvalue weighted by Gasteiger charge is -2.11. The molecule has 4 aromatic rings. The summed E-state index contributed by atoms with van der Waals surface area (Å²) < 4.78 is 21.8. The monoisotopic (exact) mass is 489 g/mol. The van der Waals surface area contributed by atoms with Gasteiger partial charge in [-0.1, -0.05) is 37.3 Å². The molecule has 0 amide bonds. The van der Waals surface area contributed by atoms with E-state index in [1.54, 1.807) is 42.5 Å². The van der Waals surface area contributed by atoms with Crippen molar-refractivity contribution in [3.8, 4) is 0 Å². The number of carbonyl (C=O) groups is 2. The van der Waals surface area contributed by atoms with Crippen molar-refractivity contribution in [2.24, 2.45) is 0 Å². The van der Waals surface area contributed by atoms with Crippen LogP contribution in [-0.2, 0) is 24.2 Å². The summed E-state index contributed by atoms with van der Waals surface area (Å²) in [6.07, 6.45) is 1.36. The van der Waals surface area contributed by atoms with Crippen LogP contribution in [0.2, 0.25) is 0 Å². The Bertz CT molecular complexity index is 1490. The fraction of sp³-hybridized carbons (Fsp3) is 0.286. The Labute approximate surface area is 208 Å². The summed E-state index contributed by atoms with van der Waals surface area (Å²) >= 11 is 0. The third kappa shape index (κ3) is 5.12. The average molecular weight is 490 g/mol. The number of Topliss-reactive ketones (excluding diaryl/α,β-unsaturated/α-hetero) is 1. The summed E-state index contributed by atoms with van der Waals surface area (Å²) in [7, 11) is 0. The molecule has 0 aliphatic rings. The molecule has 0 atom stereocenters. The molecule has 0 N–H and O–H groups in total. The van der Waals surface area contributed by atoms with Crippen LogP contribution in [0.3, 0.4) is 0 Å². The van der Waals surface area contributed by atoms with Gasteiger partial charge >= 0.3 is 5.97 Å². The van der Waals surface area contributed by atoms with Crippen molar-refractivity contribution in [2.75, 3.05) is 6.61 Å². The second-order valence-electron chi connectivity index (χ2n) is 8.73. The summed E-state index contributed by atoms with van der Waals surface area (Å²) in [6, 6.07) is 14.9. The van der Waals surface area contributed by atoms with Crippen LogP contribution in [0.5, 0.6) is 0 Å². The largest absolute Gasteiger partial charge is 0.452 e. The minimum atomic E-state index is -0.755. The minimum Gasteiger partial charge on any atom is -0.452 e. The number of ketones is 1. The zero-order valence-electron chi connectivity index (χ0n) is 20.6. The quantitative estimate of drug-likeness (QED) is 0.253. The number of fused-ring (bicyclic) bond motifs is 1. The molecule has 2 aromatic heterocycles. The predicted octanol–water partition coefficient (Wildman–Crippen LogP) is 4.65. The second-order valence-corrected chi connectivity index (χ2v) is 8.73. The first-order valence-electron chi connectivity index (χ1n) is 11.9. The van der Waals surface area contributed by atoms with Gasteiger partial charge < -0.3 is 9.30 Å². The van der Waals surface area contributed by atoms with Crippen LogP contribution in [0.15, 0.2) is 59.4 Å². The number of rotatable bonds is 9. The molecule has 0 aliphatic heterocycles. The second kappa shape index (κ2) is 10.7. The van der Waals surface area contributed by atoms with Crippen molar-refractivity contribution in [3.05, 3.63) is 99.0 Å². The number of halogens is 1. The fourth-order valence-corrected chi connectivity index (χ4v) is 4.35. The van der Waals surface area contributed by atoms with Gasteiger partial charge in [0.2, 0.25) is 5.78 Å². The number of hydrogen-bond donors (Lipinski definition) is 0. The van der Waals surface area contributed by atoms with E-state index in [1.165, 1.54) is 16.8 Å². The van der Waals surface area contributed by atoms with Gasteiger partial charge in [-0.15, -0.1) is 0 Å². The Balaban J connectivity index is 1.49. The molecule has 0 saturated heterocycles. The minimum absolute atomic E-state index is 0.0104. The third-order valence-electron chi connectivity index (χ3n) is 6.24. The molecule has 0 bridgehead atoms. The van der Waals surface area contributed by atoms with Crippen LogP contribution in [0.25, 0.3) is 10.8 Å². The molecule has 4 rings (SSSR count). The van der Waals surface area contributed by atoms with Gasteiger partial charge in [-0.05, 0) is 56.5 Å². The van der Waals surface area contributed by atoms with Crippen molar-refractivity contribution in [1.82, 2.24) is 14.3 Å². The predicted molar refractivity (Wildman–Crippen MR) is 135 cm³/mol. The maximum Gasteiger partial charge on any atom is 0.359 e. The molecular weight excluding hydrogens is 461 g/mol. The first kappa shape index (κ1) is 25.0. The summed E-state index contributed by atoms with van der Waals surface area (Å²) in [5.74, 6) is -1.35. The molecule has 0 spiro atoms. The van der Waals surface area contributed by atoms with Crippen LogP contribution in [0.4, 0.5) is 4.39 Å². The molecule has 36 heavy (non-hydrogen) atoms. The first-order chi connectivity index (χ1) is 17.3. The Morgan fingerprint density at radius 1 is 1.00 bits per heavy atom. The van der Waals surface area contributed by atoms with Gasteiger partial charge in [0, 0.05) is 35.4 Å². The zero-order valence-corrected chi connectivity index (χ0v) is 20.6. The number of benzene rings is 2. The van der Waals surface area contributed by atoms with Gasteiger partial charge in [0.05, 0.1) is 5.39 Å². The Morgan fingerprint density at radius 3 is 2.39 bits per heavy atom. The fourth-order valence-electron chi connectivity index (χ4n) is 4.35. The molecule has 0 saturated carbocycles. The smallest absolute Gasteiger partial charge is 0.359 e. The van der Waals surface area contributed by atoms with Crippen molar-refractivity contribution >= 4 is 22.5 Å². The zero-order chi connectivity index (χ0) is 25.8. The number of carbonyl (C=O) groups excluding carboxylic acids is 2. The number of nitrogens with zero attached hydrogens (tertiary/aromatic N) is 3. The van der Waals surface area contributed by atoms with Gasteiger partial charge in [-0.3, -0.25) is 9.59 Å². The molecule has 7 nitrogen and oxygen atoms in total. The molecule has 2 heterocycles. The summed E-state index contributed by atoms with van der Waals surface area (Å²) in [4.78, 5) is 38.5. The van der Waals surface area contributed by atoms with E-state index in [1.807, 2.05) is 25.3 Å². The van der Waals surface area contributed by atoms with Gasteiger partial charge in [-0.2, -0.15) is 5.10 Å². The van der Waals surface area contributed by atoms with E-state index >= 15 is 0 Å². The molecule has 8 heteroatoms. The first-order valence-corrected chi connectivity index (χ1v) is 11.9. The number of aromatic nitrogens is 3. The molecule has 2 aromatic carbocycles. The van der Waals surface area contributed by atoms with Gasteiger partial charge in [-0.25, -0.2) is 13.9 Å². The van der Waals surface area contributed by atoms with Crippen molar-refractivity contribution in [3.63, 3.8) is 0 Å². The highest BCUT2D eigenvalue weighted by Gasteiger charge is 2.21. The van der Waals surface area contributed by atoms with Gasteiger partial charge in [0.25, 0.3) is 5.56 Å². The van der Waals surface area contributed by atoms with E-state index in [2.05, 4.69) is 5.10 Å². The number of hydrogen-bond acceptors (Lipinski definition) is 5. The van der Waals surface area contributed by atoms with Crippen molar-refractivity contribution < 1.29 is 18.7 Å². The molecule has 0 radical (unpaired) electrons. The van der Waals surface area contributed by atoms with Crippen LogP contribution in [-0.4, -0.2) is 32.7 Å². The number of aryl methyl sites for hydroxylation is 3. The van der Waals surface area contributed by atoms with E-state index in [0.717, 1.165) is 17.0 Å². The summed E-state index contributed by atoms with van der Waals surface area (Å²) in [5.41, 5.74) is 2.90. The number of esters is 1. The van der Waals surface area contributed by atoms with Crippen LogP contribution < -0.4 is 5.56 Å². The molecule has 186 valence electrons. The van der Waals surface area contributed by atoms with E-state index < -0.39 is 12.6 Å². The van der Waals surface area contributed by atoms with Gasteiger partial charge in [0.15, 0.2) is 12.3 Å². The highest BCUT2D eigenvalue weighted by atomic mass is 19.1. The van der Waals surface area contributed by atoms with Crippen LogP contribution in [0.1, 0.15) is 51.1 Å². The average Bonchev–Trinajstić information content (AvgIpc) is 3.17. The van der Waals surface area contributed by atoms with Gasteiger partial charge in [0.1, 0.15) is 5.82 Å². The van der Waals surface area contributed by atoms with Crippen molar-refractivity contribution in [2.45, 2.75) is 46.7 Å².